The molecule has 0 fully saturated rings. The maximum atomic E-state index is 10.9. The Kier molecular flexibility index (Phi) is 2.28. The summed E-state index contributed by atoms with van der Waals surface area (Å²) in [5.74, 6) is 0.248. The van der Waals surface area contributed by atoms with E-state index in [1.165, 1.54) is 0 Å². The van der Waals surface area contributed by atoms with Crippen LogP contribution in [0.1, 0.15) is 6.92 Å². The van der Waals surface area contributed by atoms with Gasteiger partial charge in [0.25, 0.3) is 0 Å². The Morgan fingerprint density at radius 1 is 1.80 bits per heavy atom. The monoisotopic (exact) mass is 159 g/mol. The van der Waals surface area contributed by atoms with E-state index >= 15 is 0 Å². The first-order valence-electron chi connectivity index (χ1n) is 3.13. The Balaban J connectivity index is 2.71. The molecule has 0 aromatic rings. The van der Waals surface area contributed by atoms with Crippen molar-refractivity contribution in [2.45, 2.75) is 6.92 Å². The summed E-state index contributed by atoms with van der Waals surface area (Å²) in [6, 6.07) is 0. The SMILES string of the molecule is C[C@@H]1C=NOC([PH](C)=O)=C1. The van der Waals surface area contributed by atoms with Crippen molar-refractivity contribution in [3.63, 3.8) is 0 Å². The zero-order chi connectivity index (χ0) is 7.56. The van der Waals surface area contributed by atoms with E-state index in [1.54, 1.807) is 12.9 Å². The van der Waals surface area contributed by atoms with E-state index in [9.17, 15) is 4.57 Å². The lowest BCUT2D eigenvalue weighted by Gasteiger charge is -2.08. The van der Waals surface area contributed by atoms with Gasteiger partial charge < -0.3 is 9.40 Å². The van der Waals surface area contributed by atoms with E-state index < -0.39 is 7.80 Å². The fraction of sp³-hybridized carbons (Fsp3) is 0.500. The highest BCUT2D eigenvalue weighted by molar-refractivity contribution is 7.48. The molecule has 0 bridgehead atoms. The highest BCUT2D eigenvalue weighted by Gasteiger charge is 2.09. The van der Waals surface area contributed by atoms with Crippen molar-refractivity contribution in [1.82, 2.24) is 0 Å². The Hall–Kier alpha value is -0.560. The predicted octanol–water partition coefficient (Wildman–Crippen LogP) is 1.67. The molecule has 0 N–H and O–H groups in total. The summed E-state index contributed by atoms with van der Waals surface area (Å²) in [5, 5.41) is 3.59. The second-order valence-electron chi connectivity index (χ2n) is 2.29. The van der Waals surface area contributed by atoms with Crippen LogP contribution in [0.25, 0.3) is 0 Å². The fourth-order valence-corrected chi connectivity index (χ4v) is 1.36. The molecule has 1 aliphatic rings. The summed E-state index contributed by atoms with van der Waals surface area (Å²) >= 11 is 0. The molecular formula is C6H10NO2P. The quantitative estimate of drug-likeness (QED) is 0.546. The van der Waals surface area contributed by atoms with Crippen LogP contribution in [0.15, 0.2) is 16.7 Å². The van der Waals surface area contributed by atoms with Crippen molar-refractivity contribution in [3.05, 3.63) is 11.6 Å². The first kappa shape index (κ1) is 7.55. The Labute approximate surface area is 60.5 Å². The van der Waals surface area contributed by atoms with Crippen molar-refractivity contribution in [2.24, 2.45) is 11.1 Å². The van der Waals surface area contributed by atoms with Crippen molar-refractivity contribution in [3.8, 4) is 0 Å². The van der Waals surface area contributed by atoms with Crippen molar-refractivity contribution in [1.29, 1.82) is 0 Å². The zero-order valence-electron chi connectivity index (χ0n) is 6.00. The van der Waals surface area contributed by atoms with Crippen LogP contribution in [0, 0.1) is 5.92 Å². The first-order valence-corrected chi connectivity index (χ1v) is 5.04. The van der Waals surface area contributed by atoms with Gasteiger partial charge in [0.15, 0.2) is 5.50 Å². The summed E-state index contributed by atoms with van der Waals surface area (Å²) in [5.41, 5.74) is 0.528. The number of nitrogens with zero attached hydrogens (tertiary/aromatic N) is 1. The van der Waals surface area contributed by atoms with Gasteiger partial charge >= 0.3 is 0 Å². The van der Waals surface area contributed by atoms with Crippen LogP contribution >= 0.6 is 7.80 Å². The lowest BCUT2D eigenvalue weighted by Crippen LogP contribution is -1.99. The number of hydrogen-bond donors (Lipinski definition) is 0. The van der Waals surface area contributed by atoms with Crippen LogP contribution in [-0.2, 0) is 9.40 Å². The molecule has 0 saturated heterocycles. The third-order valence-corrected chi connectivity index (χ3v) is 2.16. The Morgan fingerprint density at radius 3 is 2.90 bits per heavy atom. The van der Waals surface area contributed by atoms with Crippen LogP contribution in [0.3, 0.4) is 0 Å². The maximum Gasteiger partial charge on any atom is 0.187 e. The van der Waals surface area contributed by atoms with Gasteiger partial charge in [-0.2, -0.15) is 0 Å². The molecule has 1 aliphatic heterocycles. The molecule has 0 spiro atoms. The highest BCUT2D eigenvalue weighted by atomic mass is 31.1. The predicted molar refractivity (Wildman–Crippen MR) is 41.7 cm³/mol. The number of rotatable bonds is 1. The fourth-order valence-electron chi connectivity index (χ4n) is 0.677. The molecule has 0 radical (unpaired) electrons. The van der Waals surface area contributed by atoms with Gasteiger partial charge in [0.1, 0.15) is 7.80 Å². The van der Waals surface area contributed by atoms with Gasteiger partial charge in [0.05, 0.1) is 6.21 Å². The first-order chi connectivity index (χ1) is 4.70. The summed E-state index contributed by atoms with van der Waals surface area (Å²) in [6.07, 6.45) is 3.50. The van der Waals surface area contributed by atoms with E-state index in [0.717, 1.165) is 0 Å². The third kappa shape index (κ3) is 1.71. The zero-order valence-corrected chi connectivity index (χ0v) is 7.00. The lowest BCUT2D eigenvalue weighted by molar-refractivity contribution is 0.245. The average molecular weight is 159 g/mol. The second kappa shape index (κ2) is 3.02. The van der Waals surface area contributed by atoms with Gasteiger partial charge in [-0.1, -0.05) is 12.1 Å². The maximum absolute atomic E-state index is 10.9. The molecule has 56 valence electrons. The summed E-state index contributed by atoms with van der Waals surface area (Å²) in [6.45, 7) is 3.61. The molecule has 0 aliphatic carbocycles. The van der Waals surface area contributed by atoms with E-state index in [4.69, 9.17) is 4.84 Å². The van der Waals surface area contributed by atoms with Crippen molar-refractivity contribution < 1.29 is 9.40 Å². The van der Waals surface area contributed by atoms with Crippen molar-refractivity contribution in [2.75, 3.05) is 6.66 Å². The van der Waals surface area contributed by atoms with Crippen LogP contribution in [0.5, 0.6) is 0 Å². The highest BCUT2D eigenvalue weighted by Crippen LogP contribution is 2.31. The largest absolute Gasteiger partial charge is 0.354 e. The second-order valence-corrected chi connectivity index (χ2v) is 3.90. The average Bonchev–Trinajstić information content (AvgIpc) is 1.88. The minimum atomic E-state index is -1.69. The molecule has 1 rings (SSSR count). The molecule has 4 heteroatoms. The van der Waals surface area contributed by atoms with Crippen LogP contribution in [-0.4, -0.2) is 12.9 Å². The van der Waals surface area contributed by atoms with E-state index in [1.807, 2.05) is 13.0 Å². The number of allylic oxidation sites excluding steroid dienone is 1. The van der Waals surface area contributed by atoms with Gasteiger partial charge in [-0.05, 0) is 12.7 Å². The van der Waals surface area contributed by atoms with Crippen LogP contribution < -0.4 is 0 Å². The molecule has 1 heterocycles. The topological polar surface area (TPSA) is 38.7 Å². The lowest BCUT2D eigenvalue weighted by atomic mass is 10.2. The molecule has 2 atom stereocenters. The summed E-state index contributed by atoms with van der Waals surface area (Å²) < 4.78 is 10.9. The Bertz CT molecular complexity index is 210. The molecule has 3 nitrogen and oxygen atoms in total. The molecule has 0 amide bonds. The van der Waals surface area contributed by atoms with Crippen LogP contribution in [0.4, 0.5) is 0 Å². The standard InChI is InChI=1S/C6H10NO2P/c1-5-3-6(10(2)8)9-7-4-5/h3-5,10H,1-2H3/t5-/m0/s1. The van der Waals surface area contributed by atoms with Gasteiger partial charge in [-0.25, -0.2) is 0 Å². The summed E-state index contributed by atoms with van der Waals surface area (Å²) in [4.78, 5) is 4.77. The molecular weight excluding hydrogens is 149 g/mol. The third-order valence-electron chi connectivity index (χ3n) is 1.21. The number of oxime groups is 1. The van der Waals surface area contributed by atoms with Crippen molar-refractivity contribution >= 4 is 14.0 Å². The smallest absolute Gasteiger partial charge is 0.187 e. The molecule has 1 unspecified atom stereocenters. The minimum absolute atomic E-state index is 0.248. The van der Waals surface area contributed by atoms with Gasteiger partial charge in [-0.3, -0.25) is 0 Å². The molecule has 0 aromatic carbocycles. The van der Waals surface area contributed by atoms with Gasteiger partial charge in [0, 0.05) is 5.92 Å². The van der Waals surface area contributed by atoms with Gasteiger partial charge in [0.2, 0.25) is 0 Å². The minimum Gasteiger partial charge on any atom is -0.354 e. The van der Waals surface area contributed by atoms with E-state index in [-0.39, 0.29) is 5.92 Å². The van der Waals surface area contributed by atoms with Crippen LogP contribution in [0.2, 0.25) is 0 Å². The molecule has 0 aromatic heterocycles. The molecule has 10 heavy (non-hydrogen) atoms. The normalized spacial score (nSPS) is 27.0. The summed E-state index contributed by atoms with van der Waals surface area (Å²) in [7, 11) is -1.69. The number of hydrogen-bond acceptors (Lipinski definition) is 3. The van der Waals surface area contributed by atoms with E-state index in [2.05, 4.69) is 5.16 Å². The molecule has 0 saturated carbocycles. The Morgan fingerprint density at radius 2 is 2.50 bits per heavy atom. The van der Waals surface area contributed by atoms with Gasteiger partial charge in [-0.15, -0.1) is 0 Å². The van der Waals surface area contributed by atoms with E-state index in [0.29, 0.717) is 5.50 Å².